The molecule has 0 aromatic heterocycles. The largest absolute Gasteiger partial charge is 0.478 e. The van der Waals surface area contributed by atoms with E-state index in [1.807, 2.05) is 84.9 Å². The van der Waals surface area contributed by atoms with E-state index in [2.05, 4.69) is 18.8 Å². The molecule has 8 nitrogen and oxygen atoms in total. The summed E-state index contributed by atoms with van der Waals surface area (Å²) in [6.07, 6.45) is -0.152. The molecule has 1 fully saturated rings. The number of nitrogens with one attached hydrogen (secondary N) is 1. The molecular formula is C37H37NO7S. The minimum atomic E-state index is -0.961. The summed E-state index contributed by atoms with van der Waals surface area (Å²) in [5, 5.41) is 21.9. The molecule has 46 heavy (non-hydrogen) atoms. The number of aromatic carboxylic acids is 1. The molecule has 4 aromatic carbocycles. The van der Waals surface area contributed by atoms with E-state index < -0.39 is 18.4 Å². The minimum Gasteiger partial charge on any atom is -0.478 e. The first-order chi connectivity index (χ1) is 22.4. The van der Waals surface area contributed by atoms with Crippen LogP contribution in [-0.2, 0) is 27.4 Å². The fourth-order valence-electron chi connectivity index (χ4n) is 5.30. The lowest BCUT2D eigenvalue weighted by Crippen LogP contribution is -2.38. The van der Waals surface area contributed by atoms with Crippen molar-refractivity contribution in [3.63, 3.8) is 0 Å². The first-order valence-corrected chi connectivity index (χ1v) is 16.0. The monoisotopic (exact) mass is 639 g/mol. The van der Waals surface area contributed by atoms with Gasteiger partial charge in [-0.3, -0.25) is 0 Å². The number of aliphatic hydroxyl groups is 1. The highest BCUT2D eigenvalue weighted by molar-refractivity contribution is 7.99. The third-order valence-corrected chi connectivity index (χ3v) is 9.02. The fourth-order valence-corrected chi connectivity index (χ4v) is 6.52. The van der Waals surface area contributed by atoms with Crippen molar-refractivity contribution in [2.75, 3.05) is 12.4 Å². The van der Waals surface area contributed by atoms with Gasteiger partial charge in [0.05, 0.1) is 24.4 Å². The molecule has 238 valence electrons. The summed E-state index contributed by atoms with van der Waals surface area (Å²) in [6, 6.07) is 30.7. The predicted octanol–water partition coefficient (Wildman–Crippen LogP) is 7.54. The Hall–Kier alpha value is -4.41. The molecule has 9 heteroatoms. The highest BCUT2D eigenvalue weighted by atomic mass is 32.2. The van der Waals surface area contributed by atoms with Crippen molar-refractivity contribution in [3.8, 4) is 11.1 Å². The van der Waals surface area contributed by atoms with E-state index in [0.29, 0.717) is 17.2 Å². The van der Waals surface area contributed by atoms with E-state index in [0.717, 1.165) is 33.4 Å². The normalized spacial score (nSPS) is 19.3. The molecule has 5 rings (SSSR count). The van der Waals surface area contributed by atoms with Crippen LogP contribution in [0.1, 0.15) is 51.9 Å². The van der Waals surface area contributed by atoms with Gasteiger partial charge in [-0.1, -0.05) is 98.4 Å². The fraction of sp³-hybridized carbons (Fsp3) is 0.243. The standard InChI is InChI=1S/C37H37NO7S/c1-3-19-43-37(42)38-21-26-7-6-8-30(20-26)27-15-17-29(18-16-27)36-44-32(23-46-33-10-5-4-9-31(33)35(40)41)24(2)34(45-36)28-13-11-25(22-39)12-14-28/h3-18,20,24,32,34,36,39H,1,19,21-23H2,2H3,(H,38,42)(H,40,41). The SMILES string of the molecule is C=CCOC(=O)NCc1cccc(-c2ccc(C3OC(CSc4ccccc4C(=O)O)C(C)C(c4ccc(CO)cc4)O3)cc2)c1. The second kappa shape index (κ2) is 15.7. The molecule has 1 aliphatic heterocycles. The Morgan fingerprint density at radius 2 is 1.65 bits per heavy atom. The first-order valence-electron chi connectivity index (χ1n) is 15.0. The number of carboxylic acids is 1. The number of carboxylic acid groups (broad SMARTS) is 1. The number of amides is 1. The Balaban J connectivity index is 1.34. The van der Waals surface area contributed by atoms with Gasteiger partial charge in [-0.2, -0.15) is 0 Å². The van der Waals surface area contributed by atoms with Crippen molar-refractivity contribution in [2.45, 2.75) is 43.5 Å². The molecule has 0 radical (unpaired) electrons. The van der Waals surface area contributed by atoms with E-state index in [4.69, 9.17) is 14.2 Å². The number of hydrogen-bond donors (Lipinski definition) is 3. The van der Waals surface area contributed by atoms with E-state index >= 15 is 0 Å². The second-order valence-electron chi connectivity index (χ2n) is 11.0. The zero-order valence-electron chi connectivity index (χ0n) is 25.5. The van der Waals surface area contributed by atoms with E-state index in [9.17, 15) is 19.8 Å². The number of benzene rings is 4. The minimum absolute atomic E-state index is 0.0367. The lowest BCUT2D eigenvalue weighted by Gasteiger charge is -2.41. The third kappa shape index (κ3) is 8.24. The van der Waals surface area contributed by atoms with Crippen LogP contribution in [0.3, 0.4) is 0 Å². The summed E-state index contributed by atoms with van der Waals surface area (Å²) < 4.78 is 18.1. The molecule has 1 amide bonds. The van der Waals surface area contributed by atoms with Gasteiger partial charge in [-0.05, 0) is 46.0 Å². The second-order valence-corrected chi connectivity index (χ2v) is 12.1. The molecule has 0 spiro atoms. The number of ether oxygens (including phenoxy) is 3. The highest BCUT2D eigenvalue weighted by Crippen LogP contribution is 2.43. The molecule has 1 saturated heterocycles. The van der Waals surface area contributed by atoms with Crippen LogP contribution >= 0.6 is 11.8 Å². The van der Waals surface area contributed by atoms with Crippen molar-refractivity contribution in [2.24, 2.45) is 5.92 Å². The third-order valence-electron chi connectivity index (χ3n) is 7.86. The van der Waals surface area contributed by atoms with Crippen molar-refractivity contribution in [1.29, 1.82) is 0 Å². The molecule has 0 bridgehead atoms. The summed E-state index contributed by atoms with van der Waals surface area (Å²) in [5.41, 5.74) is 5.86. The van der Waals surface area contributed by atoms with Gasteiger partial charge in [-0.15, -0.1) is 11.8 Å². The van der Waals surface area contributed by atoms with Crippen LogP contribution in [0.2, 0.25) is 0 Å². The van der Waals surface area contributed by atoms with Crippen LogP contribution in [0.5, 0.6) is 0 Å². The topological polar surface area (TPSA) is 114 Å². The summed E-state index contributed by atoms with van der Waals surface area (Å²) in [5.74, 6) is -0.460. The van der Waals surface area contributed by atoms with Crippen LogP contribution in [0.25, 0.3) is 11.1 Å². The predicted molar refractivity (Wildman–Crippen MR) is 177 cm³/mol. The average molecular weight is 640 g/mol. The van der Waals surface area contributed by atoms with Gasteiger partial charge in [0.2, 0.25) is 0 Å². The van der Waals surface area contributed by atoms with Gasteiger partial charge in [0, 0.05) is 28.7 Å². The number of rotatable bonds is 12. The molecular weight excluding hydrogens is 602 g/mol. The van der Waals surface area contributed by atoms with Crippen LogP contribution in [0.4, 0.5) is 4.79 Å². The Morgan fingerprint density at radius 3 is 2.37 bits per heavy atom. The van der Waals surface area contributed by atoms with Crippen LogP contribution in [0.15, 0.2) is 115 Å². The molecule has 4 atom stereocenters. The van der Waals surface area contributed by atoms with E-state index in [1.165, 1.54) is 17.8 Å². The quantitative estimate of drug-likeness (QED) is 0.108. The van der Waals surface area contributed by atoms with Crippen molar-refractivity contribution >= 4 is 23.8 Å². The zero-order valence-corrected chi connectivity index (χ0v) is 26.3. The Morgan fingerprint density at radius 1 is 0.913 bits per heavy atom. The number of alkyl carbamates (subject to hydrolysis) is 1. The summed E-state index contributed by atoms with van der Waals surface area (Å²) in [4.78, 5) is 24.3. The van der Waals surface area contributed by atoms with Crippen molar-refractivity contribution < 1.29 is 34.0 Å². The number of thioether (sulfide) groups is 1. The summed E-state index contributed by atoms with van der Waals surface area (Å²) in [6.45, 7) is 6.07. The van der Waals surface area contributed by atoms with Crippen LogP contribution in [0, 0.1) is 5.92 Å². The number of aliphatic hydroxyl groups excluding tert-OH is 1. The maximum absolute atomic E-state index is 11.8. The lowest BCUT2D eigenvalue weighted by atomic mass is 9.91. The van der Waals surface area contributed by atoms with E-state index in [1.54, 1.807) is 12.1 Å². The van der Waals surface area contributed by atoms with Gasteiger partial charge in [0.25, 0.3) is 0 Å². The maximum atomic E-state index is 11.8. The average Bonchev–Trinajstić information content (AvgIpc) is 3.09. The smallest absolute Gasteiger partial charge is 0.407 e. The zero-order chi connectivity index (χ0) is 32.5. The molecule has 4 aromatic rings. The number of carbonyl (C=O) groups is 2. The van der Waals surface area contributed by atoms with Gasteiger partial charge in [-0.25, -0.2) is 9.59 Å². The molecule has 0 saturated carbocycles. The Labute approximate surface area is 273 Å². The lowest BCUT2D eigenvalue weighted by molar-refractivity contribution is -0.268. The van der Waals surface area contributed by atoms with Crippen LogP contribution < -0.4 is 5.32 Å². The summed E-state index contributed by atoms with van der Waals surface area (Å²) in [7, 11) is 0. The van der Waals surface area contributed by atoms with Crippen LogP contribution in [-0.4, -0.2) is 40.7 Å². The molecule has 1 aliphatic rings. The van der Waals surface area contributed by atoms with Gasteiger partial charge >= 0.3 is 12.1 Å². The number of hydrogen-bond acceptors (Lipinski definition) is 7. The van der Waals surface area contributed by atoms with Crippen molar-refractivity contribution in [3.05, 3.63) is 138 Å². The first kappa shape index (κ1) is 33.0. The molecule has 0 aliphatic carbocycles. The highest BCUT2D eigenvalue weighted by Gasteiger charge is 2.38. The van der Waals surface area contributed by atoms with Crippen molar-refractivity contribution in [1.82, 2.24) is 5.32 Å². The van der Waals surface area contributed by atoms with E-state index in [-0.39, 0.29) is 36.9 Å². The maximum Gasteiger partial charge on any atom is 0.407 e. The van der Waals surface area contributed by atoms with Gasteiger partial charge < -0.3 is 29.7 Å². The molecule has 4 unspecified atom stereocenters. The Bertz CT molecular complexity index is 1640. The number of carbonyl (C=O) groups excluding carboxylic acids is 1. The molecule has 3 N–H and O–H groups in total. The van der Waals surface area contributed by atoms with Gasteiger partial charge in [0.1, 0.15) is 6.61 Å². The summed E-state index contributed by atoms with van der Waals surface area (Å²) >= 11 is 1.46. The Kier molecular flexibility index (Phi) is 11.3. The van der Waals surface area contributed by atoms with Gasteiger partial charge in [0.15, 0.2) is 6.29 Å². The molecule has 1 heterocycles.